The van der Waals surface area contributed by atoms with Crippen molar-refractivity contribution < 1.29 is 125 Å². The van der Waals surface area contributed by atoms with Gasteiger partial charge in [-0.05, 0) is 193 Å². The molecule has 0 bridgehead atoms. The number of thioether (sulfide) groups is 2. The van der Waals surface area contributed by atoms with Gasteiger partial charge in [0, 0.05) is 87.0 Å². The van der Waals surface area contributed by atoms with Crippen LogP contribution in [-0.4, -0.2) is 176 Å². The van der Waals surface area contributed by atoms with Crippen molar-refractivity contribution in [1.82, 2.24) is 15.2 Å². The Hall–Kier alpha value is -10.1. The molecule has 642 valence electrons. The lowest BCUT2D eigenvalue weighted by Crippen LogP contribution is -2.36. The molecule has 0 spiro atoms. The molecule has 34 heteroatoms. The summed E-state index contributed by atoms with van der Waals surface area (Å²) in [6.07, 6.45) is 6.30. The van der Waals surface area contributed by atoms with Crippen molar-refractivity contribution in [2.45, 2.75) is 106 Å². The number of carbonyl (C=O) groups excluding carboxylic acids is 3. The van der Waals surface area contributed by atoms with Crippen molar-refractivity contribution in [2.24, 2.45) is 0 Å². The van der Waals surface area contributed by atoms with Crippen molar-refractivity contribution in [3.63, 3.8) is 0 Å². The molecule has 0 saturated carbocycles. The van der Waals surface area contributed by atoms with E-state index in [0.29, 0.717) is 109 Å². The first-order valence-electron chi connectivity index (χ1n) is 38.0. The number of halogens is 5. The summed E-state index contributed by atoms with van der Waals surface area (Å²) in [5, 5.41) is 53.9. The Kier molecular flexibility index (Phi) is 31.4. The Labute approximate surface area is 698 Å². The Balaban J connectivity index is 0.000000159. The second-order valence-corrected chi connectivity index (χ2v) is 36.2. The van der Waals surface area contributed by atoms with Crippen molar-refractivity contribution in [3.05, 3.63) is 294 Å². The summed E-state index contributed by atoms with van der Waals surface area (Å²) in [6, 6.07) is 38.1. The van der Waals surface area contributed by atoms with Crippen LogP contribution in [0.4, 0.5) is 22.0 Å². The van der Waals surface area contributed by atoms with Crippen LogP contribution in [-0.2, 0) is 83.1 Å². The first-order chi connectivity index (χ1) is 57.0. The van der Waals surface area contributed by atoms with E-state index in [-0.39, 0.29) is 112 Å². The number of hydroxylamine groups is 6. The molecule has 5 N–H and O–H groups in total. The molecule has 120 heavy (non-hydrogen) atoms. The number of hydrogen-bond donors (Lipinski definition) is 5. The third kappa shape index (κ3) is 24.6. The lowest BCUT2D eigenvalue weighted by atomic mass is 9.93. The highest BCUT2D eigenvalue weighted by atomic mass is 32.2. The molecule has 0 atom stereocenters. The van der Waals surface area contributed by atoms with Crippen LogP contribution in [0.3, 0.4) is 0 Å². The lowest BCUT2D eigenvalue weighted by Gasteiger charge is -2.29. The van der Waals surface area contributed by atoms with Crippen LogP contribution in [0, 0.1) is 29.1 Å². The van der Waals surface area contributed by atoms with E-state index in [1.807, 2.05) is 6.07 Å². The van der Waals surface area contributed by atoms with E-state index in [9.17, 15) is 83.2 Å². The zero-order chi connectivity index (χ0) is 86.9. The van der Waals surface area contributed by atoms with Crippen molar-refractivity contribution in [1.29, 1.82) is 0 Å². The van der Waals surface area contributed by atoms with E-state index in [1.54, 1.807) is 108 Å². The van der Waals surface area contributed by atoms with Gasteiger partial charge in [0.15, 0.2) is 27.1 Å². The predicted molar refractivity (Wildman–Crippen MR) is 434 cm³/mol. The molecule has 25 nitrogen and oxygen atoms in total. The maximum Gasteiger partial charge on any atom is 0.372 e. The highest BCUT2D eigenvalue weighted by molar-refractivity contribution is 7.99. The van der Waals surface area contributed by atoms with Gasteiger partial charge in [0.2, 0.25) is 11.5 Å². The number of amides is 3. The molecule has 4 aliphatic heterocycles. The molecule has 4 fully saturated rings. The minimum absolute atomic E-state index is 0.00736. The van der Waals surface area contributed by atoms with E-state index >= 15 is 0 Å². The van der Waals surface area contributed by atoms with E-state index in [1.165, 1.54) is 109 Å². The number of furan rings is 5. The number of sulfone groups is 2. The number of carbonyl (C=O) groups is 5. The number of rotatable bonds is 22. The van der Waals surface area contributed by atoms with E-state index in [0.717, 1.165) is 66.0 Å². The molecule has 9 heterocycles. The minimum Gasteiger partial charge on any atom is -0.475 e. The quantitative estimate of drug-likeness (QED) is 0.0311. The molecule has 0 aliphatic carbocycles. The molecule has 0 radical (unpaired) electrons. The van der Waals surface area contributed by atoms with Gasteiger partial charge in [-0.1, -0.05) is 60.7 Å². The summed E-state index contributed by atoms with van der Waals surface area (Å²) in [5.41, 5.74) is 3.31. The van der Waals surface area contributed by atoms with Gasteiger partial charge in [0.05, 0.1) is 50.6 Å². The third-order valence-corrected chi connectivity index (χ3v) is 26.2. The Morgan fingerprint density at radius 3 is 0.983 bits per heavy atom. The van der Waals surface area contributed by atoms with Crippen LogP contribution >= 0.6 is 23.5 Å². The maximum atomic E-state index is 13.2. The fraction of sp³-hybridized carbons (Fsp3) is 0.360. The molecule has 4 saturated heterocycles. The molecule has 3 amide bonds. The summed E-state index contributed by atoms with van der Waals surface area (Å²) in [4.78, 5) is 74.9. The molecule has 5 aromatic carbocycles. The van der Waals surface area contributed by atoms with Crippen LogP contribution in [0.5, 0.6) is 0 Å². The second kappa shape index (κ2) is 41.0. The van der Waals surface area contributed by atoms with Crippen molar-refractivity contribution >= 4 is 72.9 Å². The Bertz CT molecular complexity index is 5360. The normalized spacial score (nSPS) is 16.2. The average Bonchev–Trinajstić information content (AvgIpc) is 1.63. The Morgan fingerprint density at radius 1 is 0.392 bits per heavy atom. The molecular weight excluding hydrogens is 1650 g/mol. The summed E-state index contributed by atoms with van der Waals surface area (Å²) in [5.74, 6) is -0.597. The fourth-order valence-corrected chi connectivity index (χ4v) is 18.9. The zero-order valence-electron chi connectivity index (χ0n) is 66.5. The van der Waals surface area contributed by atoms with Crippen LogP contribution < -0.4 is 0 Å². The number of benzene rings is 5. The summed E-state index contributed by atoms with van der Waals surface area (Å²) in [7, 11) is 2.35. The van der Waals surface area contributed by atoms with Gasteiger partial charge in [0.1, 0.15) is 78.8 Å². The summed E-state index contributed by atoms with van der Waals surface area (Å²) < 4.78 is 140. The fourth-order valence-electron chi connectivity index (χ4n) is 13.5. The highest BCUT2D eigenvalue weighted by Gasteiger charge is 2.43. The smallest absolute Gasteiger partial charge is 0.372 e. The van der Waals surface area contributed by atoms with Crippen LogP contribution in [0.1, 0.15) is 189 Å². The largest absolute Gasteiger partial charge is 0.475 e. The second-order valence-electron chi connectivity index (χ2n) is 29.2. The van der Waals surface area contributed by atoms with Crippen LogP contribution in [0.15, 0.2) is 180 Å². The number of carboxylic acid groups (broad SMARTS) is 2. The van der Waals surface area contributed by atoms with E-state index in [4.69, 9.17) is 41.7 Å². The average molecular weight is 1740 g/mol. The number of aliphatic hydroxyl groups is 3. The van der Waals surface area contributed by atoms with Crippen LogP contribution in [0.25, 0.3) is 0 Å². The monoisotopic (exact) mass is 1740 g/mol. The van der Waals surface area contributed by atoms with Gasteiger partial charge >= 0.3 is 29.7 Å². The summed E-state index contributed by atoms with van der Waals surface area (Å²) in [6.45, 7) is 0. The third-order valence-electron chi connectivity index (χ3n) is 20.8. The summed E-state index contributed by atoms with van der Waals surface area (Å²) >= 11 is 3.55. The van der Waals surface area contributed by atoms with Gasteiger partial charge in [-0.2, -0.15) is 23.5 Å². The first-order valence-corrected chi connectivity index (χ1v) is 43.9. The van der Waals surface area contributed by atoms with Gasteiger partial charge in [-0.25, -0.2) is 63.6 Å². The molecular formula is C86H92F5N3O22S4. The lowest BCUT2D eigenvalue weighted by molar-refractivity contribution is -0.0779. The number of nitrogens with zero attached hydrogens (tertiary/aromatic N) is 3. The first kappa shape index (κ1) is 92.2. The molecule has 5 aromatic heterocycles. The minimum atomic E-state index is -3.18. The zero-order valence-corrected chi connectivity index (χ0v) is 69.7. The van der Waals surface area contributed by atoms with Gasteiger partial charge in [0.25, 0.3) is 0 Å². The molecule has 0 unspecified atom stereocenters. The highest BCUT2D eigenvalue weighted by Crippen LogP contribution is 2.42. The van der Waals surface area contributed by atoms with Crippen LogP contribution in [0.2, 0.25) is 0 Å². The van der Waals surface area contributed by atoms with E-state index in [2.05, 4.69) is 0 Å². The van der Waals surface area contributed by atoms with E-state index < -0.39 is 66.1 Å². The number of aromatic carboxylic acids is 2. The SMILES string of the molecule is CON(C)C(=O)c1oc(C2(O)CCS(=O)(=O)CC2)cc1Cc1ccc(F)cc1.CON(C)C(=O)c1oc(C2(O)CCSCC2)cc1Cc1ccc(F)cc1.CON(C)C(=O)c1oc(C2CCS(=O)(=O)CC2)cc1Cc1ccc(F)cc1.O=C(O)c1oc(C2(O)CCSCC2)cc1Cc1ccc(F)cc1.O=C(O)c1occc1Cc1ccc(F)cc1. The van der Waals surface area contributed by atoms with Gasteiger partial charge < -0.3 is 47.6 Å². The number of hydrogen-bond acceptors (Lipinski definition) is 22. The van der Waals surface area contributed by atoms with Gasteiger partial charge in [-0.15, -0.1) is 0 Å². The van der Waals surface area contributed by atoms with Crippen molar-refractivity contribution in [3.8, 4) is 0 Å². The van der Waals surface area contributed by atoms with Crippen molar-refractivity contribution in [2.75, 3.05) is 88.5 Å². The number of carboxylic acids is 2. The standard InChI is InChI=1S/C19H22FNO6S.C19H22FNO5S.C19H22FNO4S.C17H17FO4S.C12H9FO3/c1-21(26-2)18(22)17-14(11-13-3-5-15(20)6-4-13)12-16(27-17)19(23)7-9-28(24,25)10-8-19;1-21(25-2)19(22)18-15(11-13-3-5-16(20)6-4-13)12-17(26-18)14-7-9-27(23,24)10-8-14;1-21(24-2)18(22)17-14(11-13-3-5-15(20)6-4-13)12-16(25-17)19(23)7-9-26-10-8-19;18-13-3-1-11(2-4-13)9-12-10-14(22-15(12)16(19)20)17(21)5-7-23-8-6-17;13-10-3-1-8(2-4-10)7-9-5-6-16-11(9)12(14)15/h3-6,12,23H,7-11H2,1-2H3;3-6,12,14H,7-11H2,1-2H3;3-6,12,23H,7-11H2,1-2H3;1-4,10,21H,5-9H2,(H,19,20);1-6H,7H2,(H,14,15). The predicted octanol–water partition coefficient (Wildman–Crippen LogP) is 14.5. The maximum absolute atomic E-state index is 13.2. The topological polar surface area (TPSA) is 358 Å². The Morgan fingerprint density at radius 2 is 0.667 bits per heavy atom. The van der Waals surface area contributed by atoms with Gasteiger partial charge in [-0.3, -0.25) is 28.9 Å². The molecule has 10 aromatic rings. The molecule has 14 rings (SSSR count). The molecule has 4 aliphatic rings.